The zero-order valence-corrected chi connectivity index (χ0v) is 15.1. The number of halogens is 2. The Balaban J connectivity index is 0.00000484. The zero-order chi connectivity index (χ0) is 16.9. The van der Waals surface area contributed by atoms with Crippen LogP contribution in [0.4, 0.5) is 4.39 Å². The molecule has 0 saturated heterocycles. The van der Waals surface area contributed by atoms with Gasteiger partial charge in [0, 0.05) is 18.2 Å². The summed E-state index contributed by atoms with van der Waals surface area (Å²) in [5.74, 6) is -0.303. The van der Waals surface area contributed by atoms with Gasteiger partial charge in [-0.3, -0.25) is 4.79 Å². The Morgan fingerprint density at radius 1 is 1.30 bits per heavy atom. The van der Waals surface area contributed by atoms with Gasteiger partial charge in [-0.25, -0.2) is 4.39 Å². The van der Waals surface area contributed by atoms with Gasteiger partial charge in [-0.05, 0) is 25.3 Å². The second-order valence-corrected chi connectivity index (χ2v) is 6.00. The van der Waals surface area contributed by atoms with Gasteiger partial charge in [0.25, 0.3) is 5.91 Å². The minimum Gasteiger partial charge on any atom is -0.493 e. The highest BCUT2D eigenvalue weighted by Gasteiger charge is 2.28. The smallest absolute Gasteiger partial charge is 0.254 e. The van der Waals surface area contributed by atoms with Crippen molar-refractivity contribution in [2.45, 2.75) is 32.7 Å². The van der Waals surface area contributed by atoms with Crippen LogP contribution in [0.3, 0.4) is 0 Å². The molecule has 0 spiro atoms. The van der Waals surface area contributed by atoms with E-state index in [2.05, 4.69) is 5.32 Å². The highest BCUT2D eigenvalue weighted by atomic mass is 35.5. The first-order valence-electron chi connectivity index (χ1n) is 7.20. The molecular weight excluding hydrogens is 323 g/mol. The molecule has 0 aliphatic carbocycles. The molecule has 1 unspecified atom stereocenters. The lowest BCUT2D eigenvalue weighted by Gasteiger charge is -2.31. The number of rotatable bonds is 7. The van der Waals surface area contributed by atoms with Gasteiger partial charge in [-0.2, -0.15) is 0 Å². The van der Waals surface area contributed by atoms with Gasteiger partial charge in [-0.15, -0.1) is 12.4 Å². The topological polar surface area (TPSA) is 73.6 Å². The minimum absolute atomic E-state index is 0. The molecular formula is C16H26ClFN2O3. The molecule has 0 saturated carbocycles. The van der Waals surface area contributed by atoms with Gasteiger partial charge in [0.15, 0.2) is 11.5 Å². The van der Waals surface area contributed by atoms with E-state index in [1.165, 1.54) is 20.3 Å². The van der Waals surface area contributed by atoms with Crippen LogP contribution in [-0.2, 0) is 0 Å². The molecule has 1 amide bonds. The number of amides is 1. The van der Waals surface area contributed by atoms with Crippen LogP contribution < -0.4 is 20.5 Å². The molecule has 7 heteroatoms. The summed E-state index contributed by atoms with van der Waals surface area (Å²) in [5, 5.41) is 2.82. The molecule has 0 aromatic heterocycles. The molecule has 3 N–H and O–H groups in total. The first kappa shape index (κ1) is 21.5. The molecule has 1 aromatic carbocycles. The Hall–Kier alpha value is -1.53. The number of benzene rings is 1. The Morgan fingerprint density at radius 3 is 2.26 bits per heavy atom. The largest absolute Gasteiger partial charge is 0.493 e. The first-order chi connectivity index (χ1) is 10.3. The maximum Gasteiger partial charge on any atom is 0.254 e. The number of carbonyl (C=O) groups is 1. The normalized spacial score (nSPS) is 13.0. The monoisotopic (exact) mass is 348 g/mol. The quantitative estimate of drug-likeness (QED) is 0.794. The van der Waals surface area contributed by atoms with Crippen molar-refractivity contribution in [3.8, 4) is 11.5 Å². The van der Waals surface area contributed by atoms with E-state index in [1.807, 2.05) is 20.8 Å². The fourth-order valence-electron chi connectivity index (χ4n) is 2.46. The molecule has 1 rings (SSSR count). The summed E-state index contributed by atoms with van der Waals surface area (Å²) >= 11 is 0. The van der Waals surface area contributed by atoms with Crippen molar-refractivity contribution >= 4 is 18.3 Å². The third kappa shape index (κ3) is 5.55. The summed E-state index contributed by atoms with van der Waals surface area (Å²) in [6.07, 6.45) is 0.699. The fourth-order valence-corrected chi connectivity index (χ4v) is 2.46. The summed E-state index contributed by atoms with van der Waals surface area (Å²) < 4.78 is 24.2. The van der Waals surface area contributed by atoms with Gasteiger partial charge in [0.2, 0.25) is 0 Å². The molecule has 5 nitrogen and oxygen atoms in total. The average molecular weight is 349 g/mol. The van der Waals surface area contributed by atoms with E-state index in [0.29, 0.717) is 18.1 Å². The third-order valence-electron chi connectivity index (χ3n) is 3.44. The maximum atomic E-state index is 14.1. The van der Waals surface area contributed by atoms with Gasteiger partial charge < -0.3 is 20.5 Å². The van der Waals surface area contributed by atoms with Crippen molar-refractivity contribution in [2.75, 3.05) is 20.8 Å². The van der Waals surface area contributed by atoms with Gasteiger partial charge in [0.05, 0.1) is 19.8 Å². The predicted octanol–water partition coefficient (Wildman–Crippen LogP) is 2.76. The molecule has 1 atom stereocenters. The fraction of sp³-hybridized carbons (Fsp3) is 0.562. The van der Waals surface area contributed by atoms with Crippen LogP contribution in [0.25, 0.3) is 0 Å². The van der Waals surface area contributed by atoms with E-state index in [4.69, 9.17) is 15.2 Å². The average Bonchev–Trinajstić information content (AvgIpc) is 2.45. The van der Waals surface area contributed by atoms with Gasteiger partial charge >= 0.3 is 0 Å². The van der Waals surface area contributed by atoms with E-state index in [-0.39, 0.29) is 30.3 Å². The van der Waals surface area contributed by atoms with Crippen LogP contribution in [0.5, 0.6) is 11.5 Å². The highest BCUT2D eigenvalue weighted by Crippen LogP contribution is 2.30. The van der Waals surface area contributed by atoms with Gasteiger partial charge in [0.1, 0.15) is 5.82 Å². The summed E-state index contributed by atoms with van der Waals surface area (Å²) in [7, 11) is 2.84. The molecule has 0 radical (unpaired) electrons. The van der Waals surface area contributed by atoms with Crippen LogP contribution in [-0.4, -0.2) is 32.2 Å². The molecule has 1 aromatic rings. The second-order valence-electron chi connectivity index (χ2n) is 6.00. The molecule has 0 heterocycles. The number of ether oxygens (including phenoxy) is 2. The number of nitrogens with one attached hydrogen (secondary N) is 1. The van der Waals surface area contributed by atoms with Crippen molar-refractivity contribution in [1.29, 1.82) is 0 Å². The van der Waals surface area contributed by atoms with Gasteiger partial charge in [-0.1, -0.05) is 13.8 Å². The zero-order valence-electron chi connectivity index (χ0n) is 14.2. The van der Waals surface area contributed by atoms with E-state index < -0.39 is 17.3 Å². The second kappa shape index (κ2) is 8.93. The van der Waals surface area contributed by atoms with Crippen LogP contribution in [0.2, 0.25) is 0 Å². The molecule has 0 aliphatic rings. The van der Waals surface area contributed by atoms with Crippen molar-refractivity contribution in [3.63, 3.8) is 0 Å². The van der Waals surface area contributed by atoms with E-state index >= 15 is 0 Å². The van der Waals surface area contributed by atoms with Crippen LogP contribution in [0.15, 0.2) is 12.1 Å². The molecule has 132 valence electrons. The number of nitrogens with two attached hydrogens (primary N) is 1. The summed E-state index contributed by atoms with van der Waals surface area (Å²) in [6.45, 7) is 6.20. The SMILES string of the molecule is COc1cc(F)c(C(=O)NC(C)(CN)CC(C)C)cc1OC.Cl. The molecule has 0 aliphatic heterocycles. The summed E-state index contributed by atoms with van der Waals surface area (Å²) in [6, 6.07) is 2.46. The molecule has 23 heavy (non-hydrogen) atoms. The maximum absolute atomic E-state index is 14.1. The predicted molar refractivity (Wildman–Crippen MR) is 91.1 cm³/mol. The third-order valence-corrected chi connectivity index (χ3v) is 3.44. The highest BCUT2D eigenvalue weighted by molar-refractivity contribution is 5.95. The standard InChI is InChI=1S/C16H25FN2O3.ClH/c1-10(2)8-16(3,9-18)19-15(20)11-6-13(21-4)14(22-5)7-12(11)17;/h6-7,10H,8-9,18H2,1-5H3,(H,19,20);1H. The molecule has 0 fully saturated rings. The Labute approximate surface area is 143 Å². The van der Waals surface area contributed by atoms with Crippen molar-refractivity contribution < 1.29 is 18.7 Å². The summed E-state index contributed by atoms with van der Waals surface area (Å²) in [5.41, 5.74) is 5.08. The Morgan fingerprint density at radius 2 is 1.83 bits per heavy atom. The Kier molecular flexibility index (Phi) is 8.34. The van der Waals surface area contributed by atoms with E-state index in [1.54, 1.807) is 0 Å². The first-order valence-corrected chi connectivity index (χ1v) is 7.20. The Bertz CT molecular complexity index is 540. The van der Waals surface area contributed by atoms with E-state index in [9.17, 15) is 9.18 Å². The number of hydrogen-bond acceptors (Lipinski definition) is 4. The van der Waals surface area contributed by atoms with Crippen molar-refractivity contribution in [1.82, 2.24) is 5.32 Å². The lowest BCUT2D eigenvalue weighted by Crippen LogP contribution is -2.52. The van der Waals surface area contributed by atoms with E-state index in [0.717, 1.165) is 6.07 Å². The van der Waals surface area contributed by atoms with Crippen molar-refractivity contribution in [2.24, 2.45) is 11.7 Å². The number of methoxy groups -OCH3 is 2. The minimum atomic E-state index is -0.668. The van der Waals surface area contributed by atoms with Crippen LogP contribution >= 0.6 is 12.4 Å². The van der Waals surface area contributed by atoms with Crippen LogP contribution in [0, 0.1) is 11.7 Å². The lowest BCUT2D eigenvalue weighted by atomic mass is 9.90. The summed E-state index contributed by atoms with van der Waals surface area (Å²) in [4.78, 5) is 12.4. The number of carbonyl (C=O) groups excluding carboxylic acids is 1. The number of hydrogen-bond donors (Lipinski definition) is 2. The molecule has 0 bridgehead atoms. The van der Waals surface area contributed by atoms with Crippen molar-refractivity contribution in [3.05, 3.63) is 23.5 Å². The lowest BCUT2D eigenvalue weighted by molar-refractivity contribution is 0.0893. The van der Waals surface area contributed by atoms with Crippen LogP contribution in [0.1, 0.15) is 37.6 Å².